The summed E-state index contributed by atoms with van der Waals surface area (Å²) >= 11 is 1.36. The Morgan fingerprint density at radius 3 is 3.00 bits per heavy atom. The number of furan rings is 1. The van der Waals surface area contributed by atoms with E-state index >= 15 is 0 Å². The van der Waals surface area contributed by atoms with E-state index < -0.39 is 5.97 Å². The number of H-pyrrole nitrogens is 1. The van der Waals surface area contributed by atoms with E-state index in [1.54, 1.807) is 25.1 Å². The first-order chi connectivity index (χ1) is 9.08. The summed E-state index contributed by atoms with van der Waals surface area (Å²) < 4.78 is 9.86. The second-order valence-electron chi connectivity index (χ2n) is 3.75. The molecular formula is C12H12N2O4S. The van der Waals surface area contributed by atoms with Crippen molar-refractivity contribution in [1.29, 1.82) is 0 Å². The number of methoxy groups -OCH3 is 1. The van der Waals surface area contributed by atoms with Crippen molar-refractivity contribution >= 4 is 17.7 Å². The van der Waals surface area contributed by atoms with Crippen molar-refractivity contribution in [3.63, 3.8) is 0 Å². The molecule has 0 bridgehead atoms. The van der Waals surface area contributed by atoms with Crippen molar-refractivity contribution in [1.82, 2.24) is 9.97 Å². The van der Waals surface area contributed by atoms with Gasteiger partial charge in [0, 0.05) is 5.69 Å². The highest BCUT2D eigenvalue weighted by Crippen LogP contribution is 2.21. The summed E-state index contributed by atoms with van der Waals surface area (Å²) in [5.41, 5.74) is 0.370. The lowest BCUT2D eigenvalue weighted by Crippen LogP contribution is -2.11. The maximum Gasteiger partial charge on any atom is 0.373 e. The molecule has 0 unspecified atom stereocenters. The van der Waals surface area contributed by atoms with E-state index in [0.717, 1.165) is 5.69 Å². The second-order valence-corrected chi connectivity index (χ2v) is 4.75. The van der Waals surface area contributed by atoms with Gasteiger partial charge in [0.05, 0.1) is 12.9 Å². The molecule has 2 aromatic rings. The minimum absolute atomic E-state index is 0.160. The van der Waals surface area contributed by atoms with E-state index in [4.69, 9.17) is 4.42 Å². The van der Waals surface area contributed by atoms with Crippen molar-refractivity contribution in [3.8, 4) is 0 Å². The van der Waals surface area contributed by atoms with Crippen LogP contribution in [0.3, 0.4) is 0 Å². The van der Waals surface area contributed by atoms with Gasteiger partial charge in [-0.3, -0.25) is 0 Å². The van der Waals surface area contributed by atoms with E-state index in [1.807, 2.05) is 0 Å². The number of aromatic amines is 1. The molecule has 0 aromatic carbocycles. The topological polar surface area (TPSA) is 85.2 Å². The summed E-state index contributed by atoms with van der Waals surface area (Å²) in [4.78, 5) is 28.8. The number of ether oxygens (including phenoxy) is 1. The largest absolute Gasteiger partial charge is 0.463 e. The summed E-state index contributed by atoms with van der Waals surface area (Å²) in [6, 6.07) is 5.02. The van der Waals surface area contributed by atoms with E-state index in [0.29, 0.717) is 16.5 Å². The zero-order valence-electron chi connectivity index (χ0n) is 10.4. The molecule has 1 N–H and O–H groups in total. The molecule has 0 saturated carbocycles. The molecule has 2 rings (SSSR count). The molecule has 2 heterocycles. The van der Waals surface area contributed by atoms with Crippen LogP contribution >= 0.6 is 11.8 Å². The Labute approximate surface area is 113 Å². The van der Waals surface area contributed by atoms with Crippen molar-refractivity contribution in [2.75, 3.05) is 7.11 Å². The number of nitrogens with one attached hydrogen (secondary N) is 1. The van der Waals surface area contributed by atoms with Gasteiger partial charge >= 0.3 is 11.7 Å². The molecule has 19 heavy (non-hydrogen) atoms. The third kappa shape index (κ3) is 3.47. The predicted octanol–water partition coefficient (Wildman–Crippen LogP) is 1.75. The molecule has 0 aliphatic rings. The molecule has 7 heteroatoms. The lowest BCUT2D eigenvalue weighted by molar-refractivity contribution is 0.0563. The summed E-state index contributed by atoms with van der Waals surface area (Å²) in [5.74, 6) is 0.743. The second kappa shape index (κ2) is 5.75. The van der Waals surface area contributed by atoms with Crippen molar-refractivity contribution in [2.24, 2.45) is 0 Å². The average Bonchev–Trinajstić information content (AvgIpc) is 2.83. The van der Waals surface area contributed by atoms with Crippen LogP contribution in [0.5, 0.6) is 0 Å². The minimum Gasteiger partial charge on any atom is -0.463 e. The van der Waals surface area contributed by atoms with E-state index in [1.165, 1.54) is 18.9 Å². The Hall–Kier alpha value is -2.02. The van der Waals surface area contributed by atoms with Gasteiger partial charge in [-0.05, 0) is 25.1 Å². The Bertz CT molecular complexity index is 647. The highest BCUT2D eigenvalue weighted by atomic mass is 32.2. The van der Waals surface area contributed by atoms with Crippen LogP contribution in [-0.2, 0) is 10.5 Å². The normalized spacial score (nSPS) is 10.4. The molecule has 0 aliphatic heterocycles. The molecule has 0 amide bonds. The van der Waals surface area contributed by atoms with Crippen LogP contribution in [0, 0.1) is 6.92 Å². The van der Waals surface area contributed by atoms with Gasteiger partial charge in [-0.2, -0.15) is 4.98 Å². The number of rotatable bonds is 4. The average molecular weight is 280 g/mol. The fourth-order valence-corrected chi connectivity index (χ4v) is 2.29. The highest BCUT2D eigenvalue weighted by molar-refractivity contribution is 7.98. The Morgan fingerprint density at radius 1 is 1.53 bits per heavy atom. The first kappa shape index (κ1) is 13.4. The van der Waals surface area contributed by atoms with Gasteiger partial charge in [-0.25, -0.2) is 9.59 Å². The first-order valence-corrected chi connectivity index (χ1v) is 6.45. The van der Waals surface area contributed by atoms with Crippen LogP contribution in [0.4, 0.5) is 0 Å². The van der Waals surface area contributed by atoms with Crippen LogP contribution in [0.15, 0.2) is 32.4 Å². The number of hydrogen-bond donors (Lipinski definition) is 1. The predicted molar refractivity (Wildman–Crippen MR) is 69.2 cm³/mol. The number of thioether (sulfide) groups is 1. The van der Waals surface area contributed by atoms with Crippen LogP contribution < -0.4 is 5.69 Å². The smallest absolute Gasteiger partial charge is 0.373 e. The van der Waals surface area contributed by atoms with E-state index in [-0.39, 0.29) is 11.4 Å². The SMILES string of the molecule is COC(=O)c1ccc(CSc2cc(C)[nH]c(=O)n2)o1. The molecule has 0 spiro atoms. The quantitative estimate of drug-likeness (QED) is 0.521. The zero-order valence-corrected chi connectivity index (χ0v) is 11.2. The Kier molecular flexibility index (Phi) is 4.06. The molecule has 100 valence electrons. The van der Waals surface area contributed by atoms with Crippen molar-refractivity contribution in [2.45, 2.75) is 17.7 Å². The number of aromatic nitrogens is 2. The summed E-state index contributed by atoms with van der Waals surface area (Å²) in [7, 11) is 1.29. The molecule has 0 radical (unpaired) electrons. The van der Waals surface area contributed by atoms with E-state index in [9.17, 15) is 9.59 Å². The van der Waals surface area contributed by atoms with Crippen LogP contribution in [-0.4, -0.2) is 23.0 Å². The minimum atomic E-state index is -0.513. The third-order valence-electron chi connectivity index (χ3n) is 2.27. The lowest BCUT2D eigenvalue weighted by Gasteiger charge is -1.99. The summed E-state index contributed by atoms with van der Waals surface area (Å²) in [5, 5.41) is 0.609. The summed E-state index contributed by atoms with van der Waals surface area (Å²) in [6.45, 7) is 1.79. The van der Waals surface area contributed by atoms with Crippen molar-refractivity contribution in [3.05, 3.63) is 45.9 Å². The number of aryl methyl sites for hydroxylation is 1. The number of nitrogens with zero attached hydrogens (tertiary/aromatic N) is 1. The fraction of sp³-hybridized carbons (Fsp3) is 0.250. The number of hydrogen-bond acceptors (Lipinski definition) is 6. The Morgan fingerprint density at radius 2 is 2.32 bits per heavy atom. The van der Waals surface area contributed by atoms with Gasteiger partial charge < -0.3 is 14.1 Å². The van der Waals surface area contributed by atoms with Crippen LogP contribution in [0.2, 0.25) is 0 Å². The van der Waals surface area contributed by atoms with Crippen LogP contribution in [0.25, 0.3) is 0 Å². The Balaban J connectivity index is 2.04. The molecule has 0 atom stereocenters. The lowest BCUT2D eigenvalue weighted by atomic mass is 10.4. The molecule has 0 aliphatic carbocycles. The maximum atomic E-state index is 11.2. The molecular weight excluding hydrogens is 268 g/mol. The number of esters is 1. The first-order valence-electron chi connectivity index (χ1n) is 5.46. The monoisotopic (exact) mass is 280 g/mol. The van der Waals surface area contributed by atoms with Gasteiger partial charge in [0.1, 0.15) is 10.8 Å². The number of carbonyl (C=O) groups is 1. The molecule has 0 saturated heterocycles. The molecule has 6 nitrogen and oxygen atoms in total. The molecule has 0 fully saturated rings. The maximum absolute atomic E-state index is 11.2. The third-order valence-corrected chi connectivity index (χ3v) is 3.20. The highest BCUT2D eigenvalue weighted by Gasteiger charge is 2.11. The summed E-state index contributed by atoms with van der Waals surface area (Å²) in [6.07, 6.45) is 0. The van der Waals surface area contributed by atoms with Crippen molar-refractivity contribution < 1.29 is 13.9 Å². The standard InChI is InChI=1S/C12H12N2O4S/c1-7-5-10(14-12(16)13-7)19-6-8-3-4-9(18-8)11(15)17-2/h3-5H,6H2,1-2H3,(H,13,14,16). The van der Waals surface area contributed by atoms with Gasteiger partial charge in [0.2, 0.25) is 5.76 Å². The van der Waals surface area contributed by atoms with Gasteiger partial charge in [0.15, 0.2) is 0 Å². The van der Waals surface area contributed by atoms with Crippen LogP contribution in [0.1, 0.15) is 22.0 Å². The van der Waals surface area contributed by atoms with Gasteiger partial charge in [-0.1, -0.05) is 11.8 Å². The van der Waals surface area contributed by atoms with Gasteiger partial charge in [0.25, 0.3) is 0 Å². The number of carbonyl (C=O) groups excluding carboxylic acids is 1. The molecule has 2 aromatic heterocycles. The van der Waals surface area contributed by atoms with Gasteiger partial charge in [-0.15, -0.1) is 0 Å². The fourth-order valence-electron chi connectivity index (χ4n) is 1.44. The van der Waals surface area contributed by atoms with E-state index in [2.05, 4.69) is 14.7 Å². The zero-order chi connectivity index (χ0) is 13.8.